The molecule has 0 atom stereocenters. The number of rotatable bonds is 3. The van der Waals surface area contributed by atoms with Crippen LogP contribution in [0.5, 0.6) is 0 Å². The summed E-state index contributed by atoms with van der Waals surface area (Å²) < 4.78 is 26.4. The molecule has 0 saturated carbocycles. The summed E-state index contributed by atoms with van der Waals surface area (Å²) in [5, 5.41) is 1.65. The molecule has 0 radical (unpaired) electrons. The van der Waals surface area contributed by atoms with Crippen LogP contribution in [-0.4, -0.2) is 13.4 Å². The molecular formula is C10H10N2O2S2. The molecule has 16 heavy (non-hydrogen) atoms. The Hall–Kier alpha value is -1.40. The fourth-order valence-electron chi connectivity index (χ4n) is 1.31. The number of nitrogens with zero attached hydrogens (tertiary/aromatic N) is 1. The van der Waals surface area contributed by atoms with Crippen molar-refractivity contribution in [2.75, 3.05) is 4.72 Å². The third-order valence-corrected chi connectivity index (χ3v) is 4.16. The van der Waals surface area contributed by atoms with Gasteiger partial charge >= 0.3 is 0 Å². The maximum atomic E-state index is 12.0. The molecule has 6 heteroatoms. The molecule has 0 saturated heterocycles. The highest BCUT2D eigenvalue weighted by atomic mass is 32.2. The summed E-state index contributed by atoms with van der Waals surface area (Å²) in [7, 11) is -3.52. The van der Waals surface area contributed by atoms with Gasteiger partial charge in [-0.15, -0.1) is 11.3 Å². The van der Waals surface area contributed by atoms with Crippen LogP contribution in [0, 0.1) is 6.92 Å². The molecular weight excluding hydrogens is 244 g/mol. The second-order valence-electron chi connectivity index (χ2n) is 3.24. The first kappa shape index (κ1) is 11.1. The standard InChI is InChI=1S/C10H10N2O2S2/c1-8-4-2-3-5-9(8)16(13,14)12-10-6-15-7-11-10/h2-7,12H,1H3. The maximum absolute atomic E-state index is 12.0. The number of aryl methyl sites for hydroxylation is 1. The van der Waals surface area contributed by atoms with Gasteiger partial charge in [-0.25, -0.2) is 13.4 Å². The molecule has 1 aromatic heterocycles. The van der Waals surface area contributed by atoms with Crippen molar-refractivity contribution in [2.24, 2.45) is 0 Å². The third kappa shape index (κ3) is 2.23. The molecule has 1 aromatic carbocycles. The zero-order valence-electron chi connectivity index (χ0n) is 8.54. The van der Waals surface area contributed by atoms with Gasteiger partial charge in [0.2, 0.25) is 0 Å². The maximum Gasteiger partial charge on any atom is 0.263 e. The quantitative estimate of drug-likeness (QED) is 0.914. The Morgan fingerprint density at radius 3 is 2.69 bits per heavy atom. The SMILES string of the molecule is Cc1ccccc1S(=O)(=O)Nc1cscn1. The Labute approximate surface area is 98.0 Å². The largest absolute Gasteiger partial charge is 0.263 e. The molecule has 2 aromatic rings. The van der Waals surface area contributed by atoms with E-state index < -0.39 is 10.0 Å². The van der Waals surface area contributed by atoms with E-state index in [0.717, 1.165) is 0 Å². The average Bonchev–Trinajstić information content (AvgIpc) is 2.70. The molecule has 0 aliphatic carbocycles. The fourth-order valence-corrected chi connectivity index (χ4v) is 3.12. The number of thiazole rings is 1. The molecule has 0 spiro atoms. The molecule has 0 aliphatic heterocycles. The van der Waals surface area contributed by atoms with E-state index in [-0.39, 0.29) is 4.90 Å². The van der Waals surface area contributed by atoms with E-state index in [0.29, 0.717) is 11.4 Å². The molecule has 1 N–H and O–H groups in total. The Kier molecular flexibility index (Phi) is 2.93. The van der Waals surface area contributed by atoms with Crippen LogP contribution in [0.3, 0.4) is 0 Å². The smallest absolute Gasteiger partial charge is 0.263 e. The summed E-state index contributed by atoms with van der Waals surface area (Å²) in [5.41, 5.74) is 2.29. The highest BCUT2D eigenvalue weighted by molar-refractivity contribution is 7.92. The van der Waals surface area contributed by atoms with Gasteiger partial charge < -0.3 is 0 Å². The van der Waals surface area contributed by atoms with Gasteiger partial charge in [-0.2, -0.15) is 0 Å². The molecule has 84 valence electrons. The van der Waals surface area contributed by atoms with Crippen molar-refractivity contribution in [1.29, 1.82) is 0 Å². The summed E-state index contributed by atoms with van der Waals surface area (Å²) >= 11 is 1.34. The minimum absolute atomic E-state index is 0.281. The Morgan fingerprint density at radius 1 is 1.31 bits per heavy atom. The number of hydrogen-bond acceptors (Lipinski definition) is 4. The lowest BCUT2D eigenvalue weighted by Gasteiger charge is -2.07. The second-order valence-corrected chi connectivity index (χ2v) is 5.61. The Morgan fingerprint density at radius 2 is 2.06 bits per heavy atom. The predicted molar refractivity (Wildman–Crippen MR) is 64.1 cm³/mol. The normalized spacial score (nSPS) is 11.3. The van der Waals surface area contributed by atoms with E-state index >= 15 is 0 Å². The van der Waals surface area contributed by atoms with Gasteiger partial charge in [0.05, 0.1) is 10.4 Å². The van der Waals surface area contributed by atoms with Crippen LogP contribution >= 0.6 is 11.3 Å². The highest BCUT2D eigenvalue weighted by Crippen LogP contribution is 2.18. The number of aromatic nitrogens is 1. The van der Waals surface area contributed by atoms with Crippen LogP contribution in [-0.2, 0) is 10.0 Å². The minimum Gasteiger partial charge on any atom is -0.263 e. The molecule has 1 heterocycles. The second kappa shape index (κ2) is 4.23. The molecule has 0 amide bonds. The van der Waals surface area contributed by atoms with Gasteiger partial charge in [-0.1, -0.05) is 18.2 Å². The first-order chi connectivity index (χ1) is 7.59. The monoisotopic (exact) mass is 254 g/mol. The lowest BCUT2D eigenvalue weighted by atomic mass is 10.2. The molecule has 0 unspecified atom stereocenters. The van der Waals surface area contributed by atoms with E-state index in [1.54, 1.807) is 42.1 Å². The van der Waals surface area contributed by atoms with E-state index in [1.165, 1.54) is 11.3 Å². The zero-order chi connectivity index (χ0) is 11.6. The number of hydrogen-bond donors (Lipinski definition) is 1. The molecule has 0 bridgehead atoms. The van der Waals surface area contributed by atoms with Crippen LogP contribution < -0.4 is 4.72 Å². The van der Waals surface area contributed by atoms with Crippen molar-refractivity contribution in [2.45, 2.75) is 11.8 Å². The van der Waals surface area contributed by atoms with Gasteiger partial charge in [-0.05, 0) is 18.6 Å². The van der Waals surface area contributed by atoms with Crippen LogP contribution in [0.15, 0.2) is 40.1 Å². The summed E-state index contributed by atoms with van der Waals surface area (Å²) in [6, 6.07) is 6.83. The number of sulfonamides is 1. The lowest BCUT2D eigenvalue weighted by molar-refractivity contribution is 0.600. The average molecular weight is 254 g/mol. The van der Waals surface area contributed by atoms with Crippen LogP contribution in [0.4, 0.5) is 5.82 Å². The van der Waals surface area contributed by atoms with Gasteiger partial charge in [-0.3, -0.25) is 4.72 Å². The minimum atomic E-state index is -3.52. The van der Waals surface area contributed by atoms with Gasteiger partial charge in [0, 0.05) is 5.38 Å². The van der Waals surface area contributed by atoms with E-state index in [4.69, 9.17) is 0 Å². The van der Waals surface area contributed by atoms with Crippen molar-refractivity contribution >= 4 is 27.2 Å². The van der Waals surface area contributed by atoms with E-state index in [1.807, 2.05) is 0 Å². The van der Waals surface area contributed by atoms with Crippen molar-refractivity contribution in [3.63, 3.8) is 0 Å². The van der Waals surface area contributed by atoms with E-state index in [9.17, 15) is 8.42 Å². The Balaban J connectivity index is 2.37. The molecule has 0 fully saturated rings. The summed E-state index contributed by atoms with van der Waals surface area (Å²) in [4.78, 5) is 4.17. The first-order valence-corrected chi connectivity index (χ1v) is 6.99. The van der Waals surface area contributed by atoms with E-state index in [2.05, 4.69) is 9.71 Å². The summed E-state index contributed by atoms with van der Waals surface area (Å²) in [6.45, 7) is 1.76. The Bertz CT molecular complexity index is 577. The van der Waals surface area contributed by atoms with Gasteiger partial charge in [0.1, 0.15) is 0 Å². The molecule has 4 nitrogen and oxygen atoms in total. The van der Waals surface area contributed by atoms with Crippen molar-refractivity contribution in [3.05, 3.63) is 40.7 Å². The first-order valence-electron chi connectivity index (χ1n) is 4.56. The molecule has 2 rings (SSSR count). The topological polar surface area (TPSA) is 59.1 Å². The number of anilines is 1. The van der Waals surface area contributed by atoms with Crippen molar-refractivity contribution in [1.82, 2.24) is 4.98 Å². The summed E-state index contributed by atoms with van der Waals surface area (Å²) in [6.07, 6.45) is 0. The molecule has 0 aliphatic rings. The fraction of sp³-hybridized carbons (Fsp3) is 0.100. The van der Waals surface area contributed by atoms with Gasteiger partial charge in [0.15, 0.2) is 5.82 Å². The highest BCUT2D eigenvalue weighted by Gasteiger charge is 2.16. The predicted octanol–water partition coefficient (Wildman–Crippen LogP) is 2.25. The lowest BCUT2D eigenvalue weighted by Crippen LogP contribution is -2.14. The van der Waals surface area contributed by atoms with Crippen molar-refractivity contribution in [3.8, 4) is 0 Å². The zero-order valence-corrected chi connectivity index (χ0v) is 10.2. The third-order valence-electron chi connectivity index (χ3n) is 2.05. The number of nitrogens with one attached hydrogen (secondary N) is 1. The van der Waals surface area contributed by atoms with Crippen LogP contribution in [0.2, 0.25) is 0 Å². The van der Waals surface area contributed by atoms with Crippen molar-refractivity contribution < 1.29 is 8.42 Å². The number of benzene rings is 1. The van der Waals surface area contributed by atoms with Gasteiger partial charge in [0.25, 0.3) is 10.0 Å². The summed E-state index contributed by atoms with van der Waals surface area (Å²) in [5.74, 6) is 0.355. The van der Waals surface area contributed by atoms with Crippen LogP contribution in [0.25, 0.3) is 0 Å². The van der Waals surface area contributed by atoms with Crippen LogP contribution in [0.1, 0.15) is 5.56 Å².